The van der Waals surface area contributed by atoms with Gasteiger partial charge in [-0.05, 0) is 52.2 Å². The van der Waals surface area contributed by atoms with Crippen LogP contribution in [-0.4, -0.2) is 7.11 Å². The molecular formula is C15H12Br3FO. The molecule has 0 heterocycles. The Morgan fingerprint density at radius 1 is 1.15 bits per heavy atom. The fourth-order valence-electron chi connectivity index (χ4n) is 1.93. The smallest absolute Gasteiger partial charge is 0.137 e. The van der Waals surface area contributed by atoms with E-state index in [1.54, 1.807) is 13.2 Å². The third-order valence-corrected chi connectivity index (χ3v) is 5.72. The lowest BCUT2D eigenvalue weighted by molar-refractivity contribution is 0.410. The van der Waals surface area contributed by atoms with Crippen LogP contribution in [0, 0.1) is 12.7 Å². The SMILES string of the molecule is COc1cc(C)c(Br)cc1C(Br)c1cccc(F)c1Br. The fourth-order valence-corrected chi connectivity index (χ4v) is 3.83. The normalized spacial score (nSPS) is 12.3. The predicted octanol–water partition coefficient (Wildman–Crippen LogP) is 6.15. The molecule has 0 spiro atoms. The number of aryl methyl sites for hydroxylation is 1. The molecule has 0 aliphatic carbocycles. The van der Waals surface area contributed by atoms with Crippen molar-refractivity contribution in [1.29, 1.82) is 0 Å². The van der Waals surface area contributed by atoms with Crippen molar-refractivity contribution in [3.05, 3.63) is 61.8 Å². The Morgan fingerprint density at radius 3 is 2.50 bits per heavy atom. The first-order chi connectivity index (χ1) is 9.45. The Morgan fingerprint density at radius 2 is 1.85 bits per heavy atom. The molecule has 0 saturated carbocycles. The highest BCUT2D eigenvalue weighted by atomic mass is 79.9. The summed E-state index contributed by atoms with van der Waals surface area (Å²) in [6.45, 7) is 2.00. The van der Waals surface area contributed by atoms with E-state index in [0.29, 0.717) is 4.47 Å². The van der Waals surface area contributed by atoms with Crippen LogP contribution in [0.1, 0.15) is 21.5 Å². The maximum Gasteiger partial charge on any atom is 0.137 e. The second-order valence-corrected chi connectivity index (χ2v) is 6.91. The molecule has 0 fully saturated rings. The van der Waals surface area contributed by atoms with Crippen molar-refractivity contribution in [2.45, 2.75) is 11.8 Å². The second kappa shape index (κ2) is 6.58. The minimum Gasteiger partial charge on any atom is -0.496 e. The van der Waals surface area contributed by atoms with E-state index in [1.807, 2.05) is 25.1 Å². The molecule has 1 unspecified atom stereocenters. The summed E-state index contributed by atoms with van der Waals surface area (Å²) in [4.78, 5) is -0.167. The zero-order valence-electron chi connectivity index (χ0n) is 10.9. The van der Waals surface area contributed by atoms with Gasteiger partial charge >= 0.3 is 0 Å². The maximum absolute atomic E-state index is 13.7. The maximum atomic E-state index is 13.7. The summed E-state index contributed by atoms with van der Waals surface area (Å²) in [5, 5.41) is 0. The third kappa shape index (κ3) is 3.10. The number of alkyl halides is 1. The van der Waals surface area contributed by atoms with E-state index in [-0.39, 0.29) is 10.6 Å². The first kappa shape index (κ1) is 16.0. The summed E-state index contributed by atoms with van der Waals surface area (Å²) < 4.78 is 20.6. The topological polar surface area (TPSA) is 9.23 Å². The number of benzene rings is 2. The molecule has 106 valence electrons. The average Bonchev–Trinajstić information content (AvgIpc) is 2.43. The molecule has 0 bridgehead atoms. The van der Waals surface area contributed by atoms with Crippen LogP contribution in [0.2, 0.25) is 0 Å². The Labute approximate surface area is 142 Å². The van der Waals surface area contributed by atoms with Gasteiger partial charge in [0.1, 0.15) is 11.6 Å². The summed E-state index contributed by atoms with van der Waals surface area (Å²) in [5.41, 5.74) is 2.85. The van der Waals surface area contributed by atoms with Crippen LogP contribution in [0.4, 0.5) is 4.39 Å². The van der Waals surface area contributed by atoms with Gasteiger partial charge in [-0.3, -0.25) is 0 Å². The summed E-state index contributed by atoms with van der Waals surface area (Å²) in [6.07, 6.45) is 0. The molecule has 0 N–H and O–H groups in total. The van der Waals surface area contributed by atoms with Crippen molar-refractivity contribution in [2.24, 2.45) is 0 Å². The molecule has 0 aliphatic heterocycles. The number of methoxy groups -OCH3 is 1. The lowest BCUT2D eigenvalue weighted by atomic mass is 10.0. The monoisotopic (exact) mass is 464 g/mol. The van der Waals surface area contributed by atoms with E-state index in [9.17, 15) is 4.39 Å². The average molecular weight is 467 g/mol. The van der Waals surface area contributed by atoms with Gasteiger partial charge in [-0.25, -0.2) is 4.39 Å². The van der Waals surface area contributed by atoms with Gasteiger partial charge in [-0.2, -0.15) is 0 Å². The molecule has 2 rings (SSSR count). The molecule has 2 aromatic rings. The van der Waals surface area contributed by atoms with E-state index < -0.39 is 0 Å². The quantitative estimate of drug-likeness (QED) is 0.493. The molecule has 0 aromatic heterocycles. The lowest BCUT2D eigenvalue weighted by Crippen LogP contribution is -2.00. The van der Waals surface area contributed by atoms with Gasteiger partial charge in [0.25, 0.3) is 0 Å². The van der Waals surface area contributed by atoms with E-state index >= 15 is 0 Å². The van der Waals surface area contributed by atoms with E-state index in [4.69, 9.17) is 4.74 Å². The van der Waals surface area contributed by atoms with Crippen molar-refractivity contribution in [3.8, 4) is 5.75 Å². The van der Waals surface area contributed by atoms with E-state index in [1.165, 1.54) is 6.07 Å². The van der Waals surface area contributed by atoms with Crippen LogP contribution in [0.15, 0.2) is 39.3 Å². The van der Waals surface area contributed by atoms with Crippen LogP contribution < -0.4 is 4.74 Å². The predicted molar refractivity (Wildman–Crippen MR) is 90.3 cm³/mol. The molecule has 0 amide bonds. The van der Waals surface area contributed by atoms with Crippen molar-refractivity contribution in [3.63, 3.8) is 0 Å². The molecule has 20 heavy (non-hydrogen) atoms. The number of rotatable bonds is 3. The first-order valence-electron chi connectivity index (χ1n) is 5.87. The molecule has 5 heteroatoms. The van der Waals surface area contributed by atoms with Crippen molar-refractivity contribution in [2.75, 3.05) is 7.11 Å². The molecule has 0 aliphatic rings. The summed E-state index contributed by atoms with van der Waals surface area (Å²) in [7, 11) is 1.63. The minimum atomic E-state index is -0.280. The van der Waals surface area contributed by atoms with Crippen LogP contribution in [-0.2, 0) is 0 Å². The highest BCUT2D eigenvalue weighted by Gasteiger charge is 2.20. The third-order valence-electron chi connectivity index (χ3n) is 3.04. The van der Waals surface area contributed by atoms with E-state index in [0.717, 1.165) is 26.9 Å². The van der Waals surface area contributed by atoms with Gasteiger partial charge in [0, 0.05) is 10.0 Å². The van der Waals surface area contributed by atoms with Crippen LogP contribution in [0.5, 0.6) is 5.75 Å². The molecular weight excluding hydrogens is 455 g/mol. The zero-order chi connectivity index (χ0) is 14.9. The lowest BCUT2D eigenvalue weighted by Gasteiger charge is -2.17. The Kier molecular flexibility index (Phi) is 5.26. The summed E-state index contributed by atoms with van der Waals surface area (Å²) in [5.74, 6) is 0.487. The van der Waals surface area contributed by atoms with Crippen LogP contribution >= 0.6 is 47.8 Å². The van der Waals surface area contributed by atoms with Gasteiger partial charge in [-0.1, -0.05) is 44.0 Å². The zero-order valence-corrected chi connectivity index (χ0v) is 15.6. The largest absolute Gasteiger partial charge is 0.496 e. The number of hydrogen-bond acceptors (Lipinski definition) is 1. The molecule has 0 saturated heterocycles. The Balaban J connectivity index is 2.55. The second-order valence-electron chi connectivity index (χ2n) is 4.35. The van der Waals surface area contributed by atoms with Gasteiger partial charge in [0.2, 0.25) is 0 Å². The van der Waals surface area contributed by atoms with Crippen LogP contribution in [0.3, 0.4) is 0 Å². The summed E-state index contributed by atoms with van der Waals surface area (Å²) >= 11 is 10.5. The Bertz CT molecular complexity index is 643. The number of ether oxygens (including phenoxy) is 1. The van der Waals surface area contributed by atoms with Gasteiger partial charge < -0.3 is 4.74 Å². The highest BCUT2D eigenvalue weighted by molar-refractivity contribution is 9.11. The molecule has 1 atom stereocenters. The minimum absolute atomic E-state index is 0.167. The molecule has 1 nitrogen and oxygen atoms in total. The fraction of sp³-hybridized carbons (Fsp3) is 0.200. The van der Waals surface area contributed by atoms with Crippen molar-refractivity contribution >= 4 is 47.8 Å². The van der Waals surface area contributed by atoms with Crippen molar-refractivity contribution in [1.82, 2.24) is 0 Å². The van der Waals surface area contributed by atoms with Crippen LogP contribution in [0.25, 0.3) is 0 Å². The van der Waals surface area contributed by atoms with Gasteiger partial charge in [-0.15, -0.1) is 0 Å². The Hall–Kier alpha value is -0.390. The van der Waals surface area contributed by atoms with Gasteiger partial charge in [0.05, 0.1) is 16.4 Å². The molecule has 2 aromatic carbocycles. The van der Waals surface area contributed by atoms with Gasteiger partial charge in [0.15, 0.2) is 0 Å². The molecule has 0 radical (unpaired) electrons. The summed E-state index contributed by atoms with van der Waals surface area (Å²) in [6, 6.07) is 8.95. The van der Waals surface area contributed by atoms with E-state index in [2.05, 4.69) is 47.8 Å². The number of hydrogen-bond donors (Lipinski definition) is 0. The standard InChI is InChI=1S/C15H12Br3FO/c1-8-6-13(20-2)10(7-11(8)16)14(17)9-4-3-5-12(19)15(9)18/h3-7,14H,1-2H3. The number of halogens is 4. The first-order valence-corrected chi connectivity index (χ1v) is 8.38. The highest BCUT2D eigenvalue weighted by Crippen LogP contribution is 2.42. The van der Waals surface area contributed by atoms with Crippen molar-refractivity contribution < 1.29 is 9.13 Å².